The summed E-state index contributed by atoms with van der Waals surface area (Å²) in [6.07, 6.45) is 1.14. The van der Waals surface area contributed by atoms with E-state index < -0.39 is 11.9 Å². The second-order valence-electron chi connectivity index (χ2n) is 5.98. The molecule has 9 heteroatoms. The zero-order chi connectivity index (χ0) is 18.8. The highest BCUT2D eigenvalue weighted by atomic mass is 19.1. The second kappa shape index (κ2) is 7.01. The van der Waals surface area contributed by atoms with E-state index in [2.05, 4.69) is 15.4 Å². The molecule has 136 valence electrons. The molecule has 0 saturated carbocycles. The lowest BCUT2D eigenvalue weighted by atomic mass is 10.1. The number of rotatable bonds is 3. The molecule has 1 aliphatic heterocycles. The number of hydrogen-bond donors (Lipinski definition) is 1. The van der Waals surface area contributed by atoms with Crippen LogP contribution in [0.3, 0.4) is 0 Å². The molecule has 0 bridgehead atoms. The summed E-state index contributed by atoms with van der Waals surface area (Å²) in [6, 6.07) is 9.29. The Morgan fingerprint density at radius 1 is 1.41 bits per heavy atom. The minimum Gasteiger partial charge on any atom is -0.443 e. The van der Waals surface area contributed by atoms with Crippen molar-refractivity contribution in [3.63, 3.8) is 0 Å². The summed E-state index contributed by atoms with van der Waals surface area (Å²) in [5, 5.41) is 15.7. The number of nitrogens with one attached hydrogen (secondary N) is 1. The molecular formula is C18H14FN5O3. The van der Waals surface area contributed by atoms with Crippen LogP contribution in [0.1, 0.15) is 12.0 Å². The van der Waals surface area contributed by atoms with E-state index in [1.165, 1.54) is 23.0 Å². The molecule has 2 aromatic heterocycles. The minimum absolute atomic E-state index is 0.0507. The van der Waals surface area contributed by atoms with Gasteiger partial charge in [0.25, 0.3) is 0 Å². The summed E-state index contributed by atoms with van der Waals surface area (Å²) < 4.78 is 26.0. The number of halogens is 1. The van der Waals surface area contributed by atoms with E-state index in [1.54, 1.807) is 24.3 Å². The van der Waals surface area contributed by atoms with E-state index >= 15 is 0 Å². The fourth-order valence-corrected chi connectivity index (χ4v) is 2.87. The van der Waals surface area contributed by atoms with Crippen molar-refractivity contribution in [2.75, 3.05) is 18.5 Å². The van der Waals surface area contributed by atoms with Crippen LogP contribution in [0.5, 0.6) is 0 Å². The van der Waals surface area contributed by atoms with Crippen LogP contribution in [0.2, 0.25) is 0 Å². The van der Waals surface area contributed by atoms with Crippen molar-refractivity contribution in [1.29, 1.82) is 5.26 Å². The zero-order valence-corrected chi connectivity index (χ0v) is 14.1. The number of carbonyl (C=O) groups is 1. The number of carbonyl (C=O) groups excluding carboxylic acids is 1. The van der Waals surface area contributed by atoms with Crippen LogP contribution < -0.4 is 5.32 Å². The molecule has 1 unspecified atom stereocenters. The number of anilines is 1. The first-order chi connectivity index (χ1) is 13.1. The van der Waals surface area contributed by atoms with Gasteiger partial charge in [-0.2, -0.15) is 10.4 Å². The Kier molecular flexibility index (Phi) is 4.40. The smallest absolute Gasteiger partial charge is 0.411 e. The first-order valence-electron chi connectivity index (χ1n) is 8.23. The highest BCUT2D eigenvalue weighted by Crippen LogP contribution is 2.26. The van der Waals surface area contributed by atoms with Crippen LogP contribution in [0, 0.1) is 17.1 Å². The second-order valence-corrected chi connectivity index (χ2v) is 5.98. The van der Waals surface area contributed by atoms with E-state index in [9.17, 15) is 9.18 Å². The highest BCUT2D eigenvalue weighted by molar-refractivity contribution is 5.87. The summed E-state index contributed by atoms with van der Waals surface area (Å²) in [5.41, 5.74) is 1.84. The van der Waals surface area contributed by atoms with Gasteiger partial charge < -0.3 is 9.47 Å². The van der Waals surface area contributed by atoms with E-state index in [1.807, 2.05) is 0 Å². The first kappa shape index (κ1) is 16.9. The van der Waals surface area contributed by atoms with Crippen molar-refractivity contribution < 1.29 is 18.7 Å². The molecule has 4 rings (SSSR count). The normalized spacial score (nSPS) is 16.2. The lowest BCUT2D eigenvalue weighted by Gasteiger charge is -2.13. The van der Waals surface area contributed by atoms with Gasteiger partial charge in [0, 0.05) is 23.7 Å². The predicted octanol–water partition coefficient (Wildman–Crippen LogP) is 2.74. The number of amides is 1. The maximum atomic E-state index is 14.0. The number of hydrogen-bond acceptors (Lipinski definition) is 6. The fourth-order valence-electron chi connectivity index (χ4n) is 2.87. The summed E-state index contributed by atoms with van der Waals surface area (Å²) in [5.74, 6) is -0.637. The SMILES string of the molecule is N#Cc1ccc(-c2cc(NC(=O)OC3CCOC3)cc3ncnn23)cc1F. The molecule has 1 fully saturated rings. The van der Waals surface area contributed by atoms with Crippen LogP contribution >= 0.6 is 0 Å². The fraction of sp³-hybridized carbons (Fsp3) is 0.222. The molecule has 0 aliphatic carbocycles. The monoisotopic (exact) mass is 367 g/mol. The number of aromatic nitrogens is 3. The average molecular weight is 367 g/mol. The standard InChI is InChI=1S/C18H14FN5O3/c19-15-5-11(1-2-12(15)8-20)16-6-13(7-17-21-10-22-24(16)17)23-18(25)27-14-3-4-26-9-14/h1-2,5-7,10,14H,3-4,9H2,(H,23,25). The molecule has 0 radical (unpaired) electrons. The summed E-state index contributed by atoms with van der Waals surface area (Å²) >= 11 is 0. The van der Waals surface area contributed by atoms with Crippen LogP contribution in [0.4, 0.5) is 14.9 Å². The van der Waals surface area contributed by atoms with E-state index in [0.717, 1.165) is 0 Å². The van der Waals surface area contributed by atoms with Crippen molar-refractivity contribution in [2.24, 2.45) is 0 Å². The Labute approximate surface area is 153 Å². The Hall–Kier alpha value is -3.51. The molecule has 3 aromatic rings. The Balaban J connectivity index is 1.66. The molecule has 0 spiro atoms. The van der Waals surface area contributed by atoms with Gasteiger partial charge in [-0.05, 0) is 18.2 Å². The van der Waals surface area contributed by atoms with E-state index in [-0.39, 0.29) is 11.7 Å². The molecule has 3 heterocycles. The zero-order valence-electron chi connectivity index (χ0n) is 14.1. The van der Waals surface area contributed by atoms with Crippen molar-refractivity contribution in [3.05, 3.63) is 48.0 Å². The van der Waals surface area contributed by atoms with Crippen LogP contribution in [0.15, 0.2) is 36.7 Å². The molecule has 1 saturated heterocycles. The number of ether oxygens (including phenoxy) is 2. The predicted molar refractivity (Wildman–Crippen MR) is 92.4 cm³/mol. The Bertz CT molecular complexity index is 1050. The van der Waals surface area contributed by atoms with Gasteiger partial charge in [0.1, 0.15) is 24.3 Å². The third kappa shape index (κ3) is 3.43. The number of benzene rings is 1. The van der Waals surface area contributed by atoms with Gasteiger partial charge in [-0.15, -0.1) is 0 Å². The van der Waals surface area contributed by atoms with Crippen molar-refractivity contribution in [1.82, 2.24) is 14.6 Å². The highest BCUT2D eigenvalue weighted by Gasteiger charge is 2.20. The molecule has 8 nitrogen and oxygen atoms in total. The van der Waals surface area contributed by atoms with E-state index in [4.69, 9.17) is 14.7 Å². The summed E-state index contributed by atoms with van der Waals surface area (Å²) in [7, 11) is 0. The molecule has 1 amide bonds. The van der Waals surface area contributed by atoms with E-state index in [0.29, 0.717) is 42.2 Å². The third-order valence-corrected chi connectivity index (χ3v) is 4.17. The van der Waals surface area contributed by atoms with Gasteiger partial charge in [0.05, 0.1) is 24.5 Å². The van der Waals surface area contributed by atoms with Gasteiger partial charge in [-0.25, -0.2) is 18.7 Å². The van der Waals surface area contributed by atoms with Crippen molar-refractivity contribution in [2.45, 2.75) is 12.5 Å². The number of pyridine rings is 1. The molecule has 1 aromatic carbocycles. The van der Waals surface area contributed by atoms with Gasteiger partial charge in [0.15, 0.2) is 5.65 Å². The maximum absolute atomic E-state index is 14.0. The van der Waals surface area contributed by atoms with Crippen molar-refractivity contribution >= 4 is 17.4 Å². The van der Waals surface area contributed by atoms with Gasteiger partial charge in [0.2, 0.25) is 0 Å². The van der Waals surface area contributed by atoms with Gasteiger partial charge in [-0.1, -0.05) is 6.07 Å². The quantitative estimate of drug-likeness (QED) is 0.764. The van der Waals surface area contributed by atoms with Crippen LogP contribution in [0.25, 0.3) is 16.9 Å². The topological polar surface area (TPSA) is 102 Å². The number of nitriles is 1. The molecular weight excluding hydrogens is 353 g/mol. The Morgan fingerprint density at radius 2 is 2.30 bits per heavy atom. The number of fused-ring (bicyclic) bond motifs is 1. The van der Waals surface area contributed by atoms with Crippen molar-refractivity contribution in [3.8, 4) is 17.3 Å². The van der Waals surface area contributed by atoms with Crippen LogP contribution in [-0.4, -0.2) is 40.0 Å². The number of nitrogens with zero attached hydrogens (tertiary/aromatic N) is 4. The lowest BCUT2D eigenvalue weighted by Crippen LogP contribution is -2.22. The largest absolute Gasteiger partial charge is 0.443 e. The molecule has 1 atom stereocenters. The third-order valence-electron chi connectivity index (χ3n) is 4.17. The average Bonchev–Trinajstić information content (AvgIpc) is 3.32. The van der Waals surface area contributed by atoms with Gasteiger partial charge >= 0.3 is 6.09 Å². The molecule has 1 aliphatic rings. The minimum atomic E-state index is -0.637. The van der Waals surface area contributed by atoms with Gasteiger partial charge in [-0.3, -0.25) is 5.32 Å². The molecule has 1 N–H and O–H groups in total. The van der Waals surface area contributed by atoms with Crippen LogP contribution in [-0.2, 0) is 9.47 Å². The summed E-state index contributed by atoms with van der Waals surface area (Å²) in [6.45, 7) is 0.949. The maximum Gasteiger partial charge on any atom is 0.411 e. The Morgan fingerprint density at radius 3 is 3.04 bits per heavy atom. The first-order valence-corrected chi connectivity index (χ1v) is 8.23. The summed E-state index contributed by atoms with van der Waals surface area (Å²) in [4.78, 5) is 16.2. The lowest BCUT2D eigenvalue weighted by molar-refractivity contribution is 0.0932. The molecule has 27 heavy (non-hydrogen) atoms.